The van der Waals surface area contributed by atoms with Crippen LogP contribution in [0.25, 0.3) is 0 Å². The largest absolute Gasteiger partial charge is 0.467 e. The van der Waals surface area contributed by atoms with Crippen LogP contribution in [0.3, 0.4) is 0 Å². The number of hydrogen-bond donors (Lipinski definition) is 2. The van der Waals surface area contributed by atoms with Gasteiger partial charge < -0.3 is 25.0 Å². The molecule has 1 saturated heterocycles. The lowest BCUT2D eigenvalue weighted by Crippen LogP contribution is -2.72. The molecule has 2 aliphatic heterocycles. The number of nitrogens with one attached hydrogen (secondary N) is 2. The fourth-order valence-corrected chi connectivity index (χ4v) is 4.87. The Hall–Kier alpha value is -2.64. The molecule has 2 N–H and O–H groups in total. The highest BCUT2D eigenvalue weighted by atomic mass is 32.1. The van der Waals surface area contributed by atoms with E-state index in [2.05, 4.69) is 16.7 Å². The molecule has 4 rings (SSSR count). The first-order valence-electron chi connectivity index (χ1n) is 10.1. The summed E-state index contributed by atoms with van der Waals surface area (Å²) in [5, 5.41) is 7.07. The SMILES string of the molecule is COCCN1C(=S)N[C@H]2c3ccccc3O[C@@]1(C)[C@H]2C(=O)Nc1ccc(C)cc1C. The Morgan fingerprint density at radius 2 is 2.07 bits per heavy atom. The van der Waals surface area contributed by atoms with Gasteiger partial charge in [0.25, 0.3) is 0 Å². The Balaban J connectivity index is 1.74. The second-order valence-corrected chi connectivity index (χ2v) is 8.44. The van der Waals surface area contributed by atoms with Crippen LogP contribution in [-0.4, -0.2) is 41.9 Å². The third-order valence-corrected chi connectivity index (χ3v) is 6.32. The summed E-state index contributed by atoms with van der Waals surface area (Å²) >= 11 is 5.65. The zero-order valence-corrected chi connectivity index (χ0v) is 18.5. The minimum absolute atomic E-state index is 0.110. The Morgan fingerprint density at radius 3 is 2.80 bits per heavy atom. The fourth-order valence-electron chi connectivity index (χ4n) is 4.47. The topological polar surface area (TPSA) is 62.8 Å². The molecule has 158 valence electrons. The molecule has 7 heteroatoms. The standard InChI is InChI=1S/C23H27N3O3S/c1-14-9-10-17(15(2)13-14)24-21(27)19-20-16-7-5-6-8-18(16)29-23(19,3)26(11-12-28-4)22(30)25-20/h5-10,13,19-20H,11-12H2,1-4H3,(H,24,27)(H,25,30)/t19-,20+,23+/m1/s1. The molecule has 3 atom stereocenters. The normalized spacial score (nSPS) is 24.5. The average Bonchev–Trinajstić information content (AvgIpc) is 2.69. The van der Waals surface area contributed by atoms with Gasteiger partial charge in [0.1, 0.15) is 11.7 Å². The fraction of sp³-hybridized carbons (Fsp3) is 0.391. The molecule has 0 aliphatic carbocycles. The van der Waals surface area contributed by atoms with Gasteiger partial charge in [0.2, 0.25) is 5.91 Å². The van der Waals surface area contributed by atoms with Gasteiger partial charge in [-0.1, -0.05) is 35.9 Å². The van der Waals surface area contributed by atoms with Crippen LogP contribution in [0, 0.1) is 19.8 Å². The van der Waals surface area contributed by atoms with Crippen molar-refractivity contribution in [2.24, 2.45) is 5.92 Å². The van der Waals surface area contributed by atoms with Crippen LogP contribution in [0.2, 0.25) is 0 Å². The number of nitrogens with zero attached hydrogens (tertiary/aromatic N) is 1. The summed E-state index contributed by atoms with van der Waals surface area (Å²) in [6.07, 6.45) is 0. The van der Waals surface area contributed by atoms with E-state index in [-0.39, 0.29) is 11.9 Å². The van der Waals surface area contributed by atoms with E-state index in [4.69, 9.17) is 21.7 Å². The van der Waals surface area contributed by atoms with Crippen LogP contribution in [0.5, 0.6) is 5.75 Å². The second-order valence-electron chi connectivity index (χ2n) is 8.05. The Morgan fingerprint density at radius 1 is 1.30 bits per heavy atom. The summed E-state index contributed by atoms with van der Waals surface area (Å²) in [7, 11) is 1.65. The molecular formula is C23H27N3O3S. The number of aryl methyl sites for hydroxylation is 2. The van der Waals surface area contributed by atoms with Crippen molar-refractivity contribution in [3.63, 3.8) is 0 Å². The summed E-state index contributed by atoms with van der Waals surface area (Å²) in [4.78, 5) is 15.5. The zero-order chi connectivity index (χ0) is 21.5. The summed E-state index contributed by atoms with van der Waals surface area (Å²) in [5.41, 5.74) is 2.97. The van der Waals surface area contributed by atoms with Crippen LogP contribution in [0.15, 0.2) is 42.5 Å². The lowest BCUT2D eigenvalue weighted by molar-refractivity contribution is -0.150. The molecule has 2 aromatic rings. The van der Waals surface area contributed by atoms with Crippen LogP contribution in [0.1, 0.15) is 29.7 Å². The molecule has 2 aromatic carbocycles. The number of para-hydroxylation sites is 1. The highest BCUT2D eigenvalue weighted by Crippen LogP contribution is 2.48. The van der Waals surface area contributed by atoms with Crippen molar-refractivity contribution in [2.45, 2.75) is 32.5 Å². The molecule has 6 nitrogen and oxygen atoms in total. The maximum Gasteiger partial charge on any atom is 0.236 e. The number of fused-ring (bicyclic) bond motifs is 4. The van der Waals surface area contributed by atoms with E-state index >= 15 is 0 Å². The molecule has 0 saturated carbocycles. The number of hydrogen-bond acceptors (Lipinski definition) is 4. The summed E-state index contributed by atoms with van der Waals surface area (Å²) in [6.45, 7) is 6.95. The molecule has 30 heavy (non-hydrogen) atoms. The first kappa shape index (κ1) is 20.6. The zero-order valence-electron chi connectivity index (χ0n) is 17.7. The van der Waals surface area contributed by atoms with Gasteiger partial charge in [-0.05, 0) is 50.7 Å². The molecule has 2 bridgehead atoms. The number of rotatable bonds is 5. The van der Waals surface area contributed by atoms with Crippen LogP contribution in [0.4, 0.5) is 5.69 Å². The van der Waals surface area contributed by atoms with Gasteiger partial charge >= 0.3 is 0 Å². The molecule has 0 aromatic heterocycles. The van der Waals surface area contributed by atoms with E-state index in [1.165, 1.54) is 0 Å². The number of ether oxygens (including phenoxy) is 2. The number of benzene rings is 2. The Kier molecular flexibility index (Phi) is 5.42. The molecule has 1 fully saturated rings. The van der Waals surface area contributed by atoms with Gasteiger partial charge in [0.05, 0.1) is 12.6 Å². The van der Waals surface area contributed by atoms with E-state index in [9.17, 15) is 4.79 Å². The van der Waals surface area contributed by atoms with Gasteiger partial charge in [-0.25, -0.2) is 0 Å². The van der Waals surface area contributed by atoms with Crippen molar-refractivity contribution >= 4 is 28.9 Å². The predicted molar refractivity (Wildman–Crippen MR) is 121 cm³/mol. The number of methoxy groups -OCH3 is 1. The van der Waals surface area contributed by atoms with Crippen molar-refractivity contribution in [2.75, 3.05) is 25.6 Å². The molecule has 0 spiro atoms. The maximum atomic E-state index is 13.6. The van der Waals surface area contributed by atoms with Gasteiger partial charge in [0, 0.05) is 24.9 Å². The number of carbonyl (C=O) groups excluding carboxylic acids is 1. The molecule has 2 heterocycles. The Labute approximate surface area is 182 Å². The van der Waals surface area contributed by atoms with Crippen molar-refractivity contribution in [3.05, 3.63) is 59.2 Å². The van der Waals surface area contributed by atoms with Crippen LogP contribution >= 0.6 is 12.2 Å². The summed E-state index contributed by atoms with van der Waals surface area (Å²) < 4.78 is 11.8. The van der Waals surface area contributed by atoms with E-state index < -0.39 is 11.6 Å². The van der Waals surface area contributed by atoms with Gasteiger partial charge in [-0.15, -0.1) is 0 Å². The van der Waals surface area contributed by atoms with Crippen molar-refractivity contribution < 1.29 is 14.3 Å². The van der Waals surface area contributed by atoms with Crippen LogP contribution in [-0.2, 0) is 9.53 Å². The highest BCUT2D eigenvalue weighted by Gasteiger charge is 2.58. The van der Waals surface area contributed by atoms with Gasteiger partial charge in [-0.3, -0.25) is 4.79 Å². The average molecular weight is 426 g/mol. The van der Waals surface area contributed by atoms with E-state index in [1.807, 2.05) is 62.1 Å². The van der Waals surface area contributed by atoms with Gasteiger partial charge in [0.15, 0.2) is 10.8 Å². The van der Waals surface area contributed by atoms with E-state index in [0.717, 1.165) is 28.1 Å². The number of carbonyl (C=O) groups is 1. The van der Waals surface area contributed by atoms with Crippen molar-refractivity contribution in [1.82, 2.24) is 10.2 Å². The molecular weight excluding hydrogens is 398 g/mol. The van der Waals surface area contributed by atoms with Gasteiger partial charge in [-0.2, -0.15) is 0 Å². The van der Waals surface area contributed by atoms with E-state index in [0.29, 0.717) is 18.3 Å². The smallest absolute Gasteiger partial charge is 0.236 e. The molecule has 1 amide bonds. The first-order chi connectivity index (χ1) is 14.3. The Bertz CT molecular complexity index is 995. The summed E-state index contributed by atoms with van der Waals surface area (Å²) in [5.74, 6) is 0.135. The minimum atomic E-state index is -0.942. The highest BCUT2D eigenvalue weighted by molar-refractivity contribution is 7.80. The number of amides is 1. The van der Waals surface area contributed by atoms with Crippen molar-refractivity contribution in [1.29, 1.82) is 0 Å². The van der Waals surface area contributed by atoms with E-state index in [1.54, 1.807) is 7.11 Å². The molecule has 0 unspecified atom stereocenters. The molecule has 0 radical (unpaired) electrons. The van der Waals surface area contributed by atoms with Crippen LogP contribution < -0.4 is 15.4 Å². The van der Waals surface area contributed by atoms with Crippen molar-refractivity contribution in [3.8, 4) is 5.75 Å². The number of anilines is 1. The second kappa shape index (κ2) is 7.89. The monoisotopic (exact) mass is 425 g/mol. The minimum Gasteiger partial charge on any atom is -0.467 e. The number of thiocarbonyl (C=S) groups is 1. The predicted octanol–water partition coefficient (Wildman–Crippen LogP) is 3.54. The summed E-state index contributed by atoms with van der Waals surface area (Å²) in [6, 6.07) is 13.5. The third-order valence-electron chi connectivity index (χ3n) is 5.98. The maximum absolute atomic E-state index is 13.6. The quantitative estimate of drug-likeness (QED) is 0.715. The first-order valence-corrected chi connectivity index (χ1v) is 10.5. The molecule has 2 aliphatic rings. The lowest BCUT2D eigenvalue weighted by Gasteiger charge is -2.56. The lowest BCUT2D eigenvalue weighted by atomic mass is 9.78. The third kappa shape index (κ3) is 3.42.